The van der Waals surface area contributed by atoms with Gasteiger partial charge in [-0.05, 0) is 25.8 Å². The summed E-state index contributed by atoms with van der Waals surface area (Å²) in [6.07, 6.45) is 4.94. The van der Waals surface area contributed by atoms with Gasteiger partial charge in [-0.15, -0.1) is 0 Å². The number of nitrogens with zero attached hydrogens (tertiary/aromatic N) is 1. The normalized spacial score (nSPS) is 23.4. The fourth-order valence-corrected chi connectivity index (χ4v) is 2.84. The Morgan fingerprint density at radius 1 is 1.33 bits per heavy atom. The van der Waals surface area contributed by atoms with Gasteiger partial charge in [-0.3, -0.25) is 14.5 Å². The summed E-state index contributed by atoms with van der Waals surface area (Å²) in [6.45, 7) is 6.29. The van der Waals surface area contributed by atoms with Crippen LogP contribution in [0.4, 0.5) is 0 Å². The van der Waals surface area contributed by atoms with Crippen molar-refractivity contribution in [2.75, 3.05) is 19.6 Å². The number of carbonyl (C=O) groups excluding carboxylic acids is 2. The summed E-state index contributed by atoms with van der Waals surface area (Å²) < 4.78 is 0. The molecule has 0 radical (unpaired) electrons. The molecule has 0 spiro atoms. The Kier molecular flexibility index (Phi) is 3.85. The molecule has 100 valence electrons. The van der Waals surface area contributed by atoms with Gasteiger partial charge >= 0.3 is 0 Å². The summed E-state index contributed by atoms with van der Waals surface area (Å²) in [7, 11) is 0. The molecule has 1 N–H and O–H groups in total. The maximum atomic E-state index is 12.4. The van der Waals surface area contributed by atoms with E-state index < -0.39 is 5.41 Å². The zero-order chi connectivity index (χ0) is 13.2. The first kappa shape index (κ1) is 13.3. The molecule has 4 nitrogen and oxygen atoms in total. The molecule has 0 unspecified atom stereocenters. The molecule has 2 heterocycles. The minimum absolute atomic E-state index is 0.00290. The van der Waals surface area contributed by atoms with Crippen molar-refractivity contribution in [3.05, 3.63) is 11.6 Å². The van der Waals surface area contributed by atoms with Gasteiger partial charge in [0, 0.05) is 19.5 Å². The molecule has 2 rings (SSSR count). The fraction of sp³-hybridized carbons (Fsp3) is 0.714. The summed E-state index contributed by atoms with van der Waals surface area (Å²) in [4.78, 5) is 26.0. The zero-order valence-electron chi connectivity index (χ0n) is 11.3. The largest absolute Gasteiger partial charge is 0.313 e. The van der Waals surface area contributed by atoms with Gasteiger partial charge in [-0.1, -0.05) is 25.5 Å². The van der Waals surface area contributed by atoms with Crippen molar-refractivity contribution in [2.24, 2.45) is 5.41 Å². The van der Waals surface area contributed by atoms with Gasteiger partial charge in [0.15, 0.2) is 0 Å². The van der Waals surface area contributed by atoms with Gasteiger partial charge in [0.1, 0.15) is 0 Å². The molecule has 0 atom stereocenters. The quantitative estimate of drug-likeness (QED) is 0.607. The average molecular weight is 250 g/mol. The van der Waals surface area contributed by atoms with Gasteiger partial charge < -0.3 is 5.32 Å². The SMILES string of the molecule is CCC1(CC)CC(=O)N(CC2=CCNCC2)C1=O. The van der Waals surface area contributed by atoms with E-state index in [1.165, 1.54) is 10.5 Å². The highest BCUT2D eigenvalue weighted by molar-refractivity contribution is 6.06. The summed E-state index contributed by atoms with van der Waals surface area (Å²) >= 11 is 0. The van der Waals surface area contributed by atoms with Crippen LogP contribution in [0.15, 0.2) is 11.6 Å². The highest BCUT2D eigenvalue weighted by atomic mass is 16.2. The lowest BCUT2D eigenvalue weighted by molar-refractivity contribution is -0.141. The molecule has 2 aliphatic heterocycles. The number of hydrogen-bond acceptors (Lipinski definition) is 3. The second-order valence-corrected chi connectivity index (χ2v) is 5.27. The van der Waals surface area contributed by atoms with Crippen LogP contribution in [0.1, 0.15) is 39.5 Å². The van der Waals surface area contributed by atoms with Crippen molar-refractivity contribution in [1.82, 2.24) is 10.2 Å². The van der Waals surface area contributed by atoms with Crippen molar-refractivity contribution < 1.29 is 9.59 Å². The Bertz CT molecular complexity index is 383. The van der Waals surface area contributed by atoms with Crippen molar-refractivity contribution in [3.8, 4) is 0 Å². The van der Waals surface area contributed by atoms with E-state index in [4.69, 9.17) is 0 Å². The molecule has 0 aliphatic carbocycles. The first-order valence-corrected chi connectivity index (χ1v) is 6.86. The monoisotopic (exact) mass is 250 g/mol. The molecule has 0 bridgehead atoms. The maximum absolute atomic E-state index is 12.4. The fourth-order valence-electron chi connectivity index (χ4n) is 2.84. The van der Waals surface area contributed by atoms with E-state index in [9.17, 15) is 9.59 Å². The predicted molar refractivity (Wildman–Crippen MR) is 69.9 cm³/mol. The molecule has 0 aromatic rings. The third-order valence-corrected chi connectivity index (χ3v) is 4.36. The number of carbonyl (C=O) groups is 2. The average Bonchev–Trinajstić information content (AvgIpc) is 2.65. The number of likely N-dealkylation sites (tertiary alicyclic amines) is 1. The second kappa shape index (κ2) is 5.22. The van der Waals surface area contributed by atoms with E-state index in [1.807, 2.05) is 13.8 Å². The van der Waals surface area contributed by atoms with Crippen LogP contribution in [0.5, 0.6) is 0 Å². The Morgan fingerprint density at radius 2 is 2.06 bits per heavy atom. The lowest BCUT2D eigenvalue weighted by atomic mass is 9.81. The number of nitrogens with one attached hydrogen (secondary N) is 1. The van der Waals surface area contributed by atoms with Crippen molar-refractivity contribution >= 4 is 11.8 Å². The smallest absolute Gasteiger partial charge is 0.236 e. The van der Waals surface area contributed by atoms with Gasteiger partial charge in [0.25, 0.3) is 0 Å². The van der Waals surface area contributed by atoms with Crippen LogP contribution >= 0.6 is 0 Å². The zero-order valence-corrected chi connectivity index (χ0v) is 11.3. The Hall–Kier alpha value is -1.16. The van der Waals surface area contributed by atoms with E-state index in [1.54, 1.807) is 0 Å². The predicted octanol–water partition coefficient (Wildman–Crippen LogP) is 1.47. The molecule has 1 saturated heterocycles. The second-order valence-electron chi connectivity index (χ2n) is 5.27. The Labute approximate surface area is 108 Å². The van der Waals surface area contributed by atoms with Crippen molar-refractivity contribution in [1.29, 1.82) is 0 Å². The van der Waals surface area contributed by atoms with Crippen LogP contribution in [0.3, 0.4) is 0 Å². The summed E-state index contributed by atoms with van der Waals surface area (Å²) in [5, 5.41) is 3.24. The Balaban J connectivity index is 2.12. The minimum Gasteiger partial charge on any atom is -0.313 e. The maximum Gasteiger partial charge on any atom is 0.236 e. The summed E-state index contributed by atoms with van der Waals surface area (Å²) in [6, 6.07) is 0. The molecule has 4 heteroatoms. The van der Waals surface area contributed by atoms with Crippen molar-refractivity contribution in [3.63, 3.8) is 0 Å². The lowest BCUT2D eigenvalue weighted by Gasteiger charge is -2.25. The van der Waals surface area contributed by atoms with E-state index in [0.717, 1.165) is 32.4 Å². The molecule has 0 aromatic heterocycles. The molecule has 2 amide bonds. The molecule has 2 aliphatic rings. The van der Waals surface area contributed by atoms with Crippen LogP contribution in [0.25, 0.3) is 0 Å². The molecular formula is C14H22N2O2. The van der Waals surface area contributed by atoms with Gasteiger partial charge in [0.2, 0.25) is 11.8 Å². The summed E-state index contributed by atoms with van der Waals surface area (Å²) in [5.41, 5.74) is 0.781. The van der Waals surface area contributed by atoms with E-state index >= 15 is 0 Å². The number of hydrogen-bond donors (Lipinski definition) is 1. The minimum atomic E-state index is -0.426. The van der Waals surface area contributed by atoms with E-state index in [-0.39, 0.29) is 11.8 Å². The third kappa shape index (κ3) is 2.21. The third-order valence-electron chi connectivity index (χ3n) is 4.36. The standard InChI is InChI=1S/C14H22N2O2/c1-3-14(4-2)9-12(17)16(13(14)18)10-11-5-7-15-8-6-11/h5,15H,3-4,6-10H2,1-2H3. The van der Waals surface area contributed by atoms with Gasteiger partial charge in [-0.2, -0.15) is 0 Å². The lowest BCUT2D eigenvalue weighted by Crippen LogP contribution is -2.37. The van der Waals surface area contributed by atoms with Crippen LogP contribution in [0.2, 0.25) is 0 Å². The number of amides is 2. The van der Waals surface area contributed by atoms with Crippen LogP contribution in [0, 0.1) is 5.41 Å². The first-order chi connectivity index (χ1) is 8.63. The highest BCUT2D eigenvalue weighted by Crippen LogP contribution is 2.39. The topological polar surface area (TPSA) is 49.4 Å². The van der Waals surface area contributed by atoms with E-state index in [2.05, 4.69) is 11.4 Å². The molecule has 1 fully saturated rings. The van der Waals surface area contributed by atoms with Gasteiger partial charge in [-0.25, -0.2) is 0 Å². The van der Waals surface area contributed by atoms with Crippen LogP contribution in [-0.4, -0.2) is 36.3 Å². The van der Waals surface area contributed by atoms with Gasteiger partial charge in [0.05, 0.1) is 5.41 Å². The van der Waals surface area contributed by atoms with Crippen molar-refractivity contribution in [2.45, 2.75) is 39.5 Å². The number of rotatable bonds is 4. The molecule has 18 heavy (non-hydrogen) atoms. The molecule has 0 saturated carbocycles. The highest BCUT2D eigenvalue weighted by Gasteiger charge is 2.48. The number of imide groups is 1. The van der Waals surface area contributed by atoms with Crippen LogP contribution < -0.4 is 5.32 Å². The molecule has 0 aromatic carbocycles. The molecular weight excluding hydrogens is 228 g/mol. The first-order valence-electron chi connectivity index (χ1n) is 6.86. The van der Waals surface area contributed by atoms with Crippen LogP contribution in [-0.2, 0) is 9.59 Å². The van der Waals surface area contributed by atoms with E-state index in [0.29, 0.717) is 13.0 Å². The Morgan fingerprint density at radius 3 is 2.56 bits per heavy atom. The summed E-state index contributed by atoms with van der Waals surface area (Å²) in [5.74, 6) is 0.0417.